The summed E-state index contributed by atoms with van der Waals surface area (Å²) in [6.45, 7) is 2.90. The summed E-state index contributed by atoms with van der Waals surface area (Å²) in [6.07, 6.45) is 10.6. The van der Waals surface area contributed by atoms with Crippen molar-refractivity contribution in [2.75, 3.05) is 31.2 Å². The number of likely N-dealkylation sites (tertiary alicyclic amines) is 1. The number of aryl methyl sites for hydroxylation is 1. The molecule has 1 unspecified atom stereocenters. The second-order valence-corrected chi connectivity index (χ2v) is 11.7. The number of rotatable bonds is 5. The van der Waals surface area contributed by atoms with Crippen LogP contribution in [-0.4, -0.2) is 70.1 Å². The molecule has 0 aromatic heterocycles. The first-order chi connectivity index (χ1) is 17.4. The monoisotopic (exact) mass is 530 g/mol. The Kier molecular flexibility index (Phi) is 7.21. The molecule has 1 N–H and O–H groups in total. The minimum Gasteiger partial charge on any atom is -0.465 e. The summed E-state index contributed by atoms with van der Waals surface area (Å²) in [6, 6.07) is 4.74. The van der Waals surface area contributed by atoms with Crippen LogP contribution in [0.2, 0.25) is 5.02 Å². The molecule has 2 saturated heterocycles. The number of carbonyl (C=O) groups is 3. The molecule has 0 aliphatic carbocycles. The summed E-state index contributed by atoms with van der Waals surface area (Å²) < 4.78 is 4.70. The van der Waals surface area contributed by atoms with Gasteiger partial charge in [0.25, 0.3) is 5.91 Å². The molecular formula is C27H31ClN2O5S. The number of unbranched alkanes of at least 4 members (excludes halogenated alkanes) is 1. The van der Waals surface area contributed by atoms with Crippen LogP contribution in [0.15, 0.2) is 42.5 Å². The van der Waals surface area contributed by atoms with Gasteiger partial charge in [0.15, 0.2) is 0 Å². The van der Waals surface area contributed by atoms with Crippen LogP contribution in [0.25, 0.3) is 0 Å². The van der Waals surface area contributed by atoms with E-state index >= 15 is 0 Å². The third kappa shape index (κ3) is 4.07. The van der Waals surface area contributed by atoms with Gasteiger partial charge >= 0.3 is 5.97 Å². The Morgan fingerprint density at radius 2 is 2.03 bits per heavy atom. The first-order valence-corrected chi connectivity index (χ1v) is 13.8. The fourth-order valence-electron chi connectivity index (χ4n) is 6.05. The maximum Gasteiger partial charge on any atom is 0.311 e. The molecule has 4 aliphatic heterocycles. The number of fused-ring (bicyclic) bond motifs is 2. The number of anilines is 1. The lowest BCUT2D eigenvalue weighted by atomic mass is 9.78. The lowest BCUT2D eigenvalue weighted by Crippen LogP contribution is -2.53. The molecule has 192 valence electrons. The summed E-state index contributed by atoms with van der Waals surface area (Å²) in [5.74, 6) is -2.12. The molecule has 1 aromatic rings. The molecule has 4 heterocycles. The first-order valence-electron chi connectivity index (χ1n) is 12.6. The number of thioether (sulfide) groups is 1. The number of carbonyl (C=O) groups excluding carboxylic acids is 3. The summed E-state index contributed by atoms with van der Waals surface area (Å²) >= 11 is 8.10. The number of cyclic esters (lactones) is 1. The lowest BCUT2D eigenvalue weighted by molar-refractivity contribution is -0.153. The molecule has 1 aromatic carbocycles. The Balaban J connectivity index is 1.61. The van der Waals surface area contributed by atoms with Gasteiger partial charge in [-0.2, -0.15) is 0 Å². The zero-order chi connectivity index (χ0) is 25.4. The zero-order valence-corrected chi connectivity index (χ0v) is 21.8. The van der Waals surface area contributed by atoms with Gasteiger partial charge in [0.05, 0.1) is 33.9 Å². The Morgan fingerprint density at radius 1 is 1.19 bits per heavy atom. The SMILES string of the molecule is Cc1cccc(Cl)c1N1CC=C[C@]23S[C@H]4/C=C\CCCOC(=O)[C@H]4[C@H]2C(=O)N(CCCCO)C3C1=O. The van der Waals surface area contributed by atoms with E-state index in [-0.39, 0.29) is 29.6 Å². The van der Waals surface area contributed by atoms with Crippen molar-refractivity contribution in [2.45, 2.75) is 48.6 Å². The molecule has 1 spiro atoms. The van der Waals surface area contributed by atoms with E-state index in [1.54, 1.807) is 15.9 Å². The number of aliphatic hydroxyl groups excluding tert-OH is 1. The van der Waals surface area contributed by atoms with Gasteiger partial charge in [-0.25, -0.2) is 0 Å². The van der Waals surface area contributed by atoms with E-state index in [0.29, 0.717) is 43.2 Å². The van der Waals surface area contributed by atoms with Crippen LogP contribution in [0.1, 0.15) is 31.2 Å². The Bertz CT molecular complexity index is 1100. The van der Waals surface area contributed by atoms with Gasteiger partial charge < -0.3 is 19.6 Å². The molecule has 0 bridgehead atoms. The molecule has 36 heavy (non-hydrogen) atoms. The van der Waals surface area contributed by atoms with Gasteiger partial charge in [-0.1, -0.05) is 48.0 Å². The lowest BCUT2D eigenvalue weighted by Gasteiger charge is -2.35. The molecule has 5 rings (SSSR count). The molecule has 2 fully saturated rings. The predicted octanol–water partition coefficient (Wildman–Crippen LogP) is 3.51. The van der Waals surface area contributed by atoms with Crippen LogP contribution in [-0.2, 0) is 19.1 Å². The van der Waals surface area contributed by atoms with Crippen molar-refractivity contribution in [2.24, 2.45) is 11.8 Å². The number of allylic oxidation sites excluding steroid dienone is 1. The number of para-hydroxylation sites is 1. The quantitative estimate of drug-likeness (QED) is 0.356. The number of halogens is 1. The molecule has 4 aliphatic rings. The van der Waals surface area contributed by atoms with E-state index in [1.807, 2.05) is 37.3 Å². The summed E-state index contributed by atoms with van der Waals surface area (Å²) in [5.41, 5.74) is 1.51. The van der Waals surface area contributed by atoms with E-state index < -0.39 is 22.6 Å². The number of hydrogen-bond donors (Lipinski definition) is 1. The van der Waals surface area contributed by atoms with Gasteiger partial charge in [0.1, 0.15) is 6.04 Å². The Hall–Kier alpha value is -2.29. The number of nitrogens with zero attached hydrogens (tertiary/aromatic N) is 2. The van der Waals surface area contributed by atoms with Crippen LogP contribution in [0.5, 0.6) is 0 Å². The van der Waals surface area contributed by atoms with Crippen molar-refractivity contribution in [1.82, 2.24) is 4.90 Å². The number of benzene rings is 1. The zero-order valence-electron chi connectivity index (χ0n) is 20.3. The van der Waals surface area contributed by atoms with E-state index in [4.69, 9.17) is 16.3 Å². The van der Waals surface area contributed by atoms with Crippen molar-refractivity contribution >= 4 is 46.8 Å². The van der Waals surface area contributed by atoms with Gasteiger partial charge in [-0.3, -0.25) is 14.4 Å². The number of amides is 2. The fraction of sp³-hybridized carbons (Fsp3) is 0.519. The normalized spacial score (nSPS) is 32.7. The van der Waals surface area contributed by atoms with Crippen LogP contribution >= 0.6 is 23.4 Å². The fourth-order valence-corrected chi connectivity index (χ4v) is 8.38. The van der Waals surface area contributed by atoms with Crippen LogP contribution in [0, 0.1) is 18.8 Å². The largest absolute Gasteiger partial charge is 0.465 e. The standard InChI is InChI=1S/C27H31ClN2O5S/c1-17-9-7-10-18(28)22(17)29-14-8-12-27-21(20-19(36-27)11-3-2-6-16-35-26(20)34)24(32)30(13-4-5-15-31)23(27)25(29)33/h3,7-12,19-21,23,31H,2,4-6,13-16H2,1H3/b11-3-/t19-,20+,21-,23?,27-/m0/s1. The van der Waals surface area contributed by atoms with Crippen molar-refractivity contribution in [3.63, 3.8) is 0 Å². The van der Waals surface area contributed by atoms with E-state index in [9.17, 15) is 19.5 Å². The van der Waals surface area contributed by atoms with Crippen molar-refractivity contribution in [3.05, 3.63) is 53.1 Å². The molecule has 2 amide bonds. The van der Waals surface area contributed by atoms with E-state index in [0.717, 1.165) is 18.4 Å². The Labute approximate surface area is 220 Å². The van der Waals surface area contributed by atoms with Crippen LogP contribution in [0.3, 0.4) is 0 Å². The third-order valence-electron chi connectivity index (χ3n) is 7.62. The van der Waals surface area contributed by atoms with Crippen molar-refractivity contribution < 1.29 is 24.2 Å². The van der Waals surface area contributed by atoms with Gasteiger partial charge in [-0.15, -0.1) is 11.8 Å². The summed E-state index contributed by atoms with van der Waals surface area (Å²) in [7, 11) is 0. The second-order valence-electron chi connectivity index (χ2n) is 9.80. The van der Waals surface area contributed by atoms with E-state index in [2.05, 4.69) is 6.08 Å². The molecule has 5 atom stereocenters. The average Bonchev–Trinajstić information content (AvgIpc) is 3.25. The number of hydrogen-bond acceptors (Lipinski definition) is 6. The van der Waals surface area contributed by atoms with Crippen molar-refractivity contribution in [3.8, 4) is 0 Å². The smallest absolute Gasteiger partial charge is 0.311 e. The molecular weight excluding hydrogens is 500 g/mol. The van der Waals surface area contributed by atoms with Crippen molar-refractivity contribution in [1.29, 1.82) is 0 Å². The first kappa shape index (κ1) is 25.4. The third-order valence-corrected chi connectivity index (χ3v) is 9.67. The van der Waals surface area contributed by atoms with Gasteiger partial charge in [0, 0.05) is 24.9 Å². The highest BCUT2D eigenvalue weighted by atomic mass is 35.5. The minimum atomic E-state index is -0.894. The number of ether oxygens (including phenoxy) is 1. The molecule has 7 nitrogen and oxygen atoms in total. The average molecular weight is 531 g/mol. The maximum atomic E-state index is 14.4. The van der Waals surface area contributed by atoms with Crippen LogP contribution in [0.4, 0.5) is 5.69 Å². The topological polar surface area (TPSA) is 87.2 Å². The molecule has 9 heteroatoms. The summed E-state index contributed by atoms with van der Waals surface area (Å²) in [4.78, 5) is 45.0. The maximum absolute atomic E-state index is 14.4. The number of esters is 1. The second kappa shape index (κ2) is 10.2. The summed E-state index contributed by atoms with van der Waals surface area (Å²) in [5, 5.41) is 9.57. The van der Waals surface area contributed by atoms with Gasteiger partial charge in [-0.05, 0) is 44.2 Å². The molecule has 0 radical (unpaired) electrons. The minimum absolute atomic E-state index is 0.0105. The predicted molar refractivity (Wildman–Crippen MR) is 140 cm³/mol. The van der Waals surface area contributed by atoms with Crippen LogP contribution < -0.4 is 4.90 Å². The highest BCUT2D eigenvalue weighted by molar-refractivity contribution is 8.02. The van der Waals surface area contributed by atoms with E-state index in [1.165, 1.54) is 11.8 Å². The highest BCUT2D eigenvalue weighted by Gasteiger charge is 2.70. The highest BCUT2D eigenvalue weighted by Crippen LogP contribution is 2.61. The van der Waals surface area contributed by atoms with Gasteiger partial charge in [0.2, 0.25) is 5.91 Å². The number of aliphatic hydroxyl groups is 1. The Morgan fingerprint density at radius 3 is 2.81 bits per heavy atom. The molecule has 0 saturated carbocycles.